The highest BCUT2D eigenvalue weighted by Crippen LogP contribution is 2.29. The first-order valence-corrected chi connectivity index (χ1v) is 39.3. The highest BCUT2D eigenvalue weighted by molar-refractivity contribution is 7.98. The van der Waals surface area contributed by atoms with Crippen molar-refractivity contribution in [3.8, 4) is 11.5 Å². The molecule has 0 aliphatic carbocycles. The molecule has 5 heterocycles. The Hall–Kier alpha value is -9.82. The Balaban J connectivity index is 1.02. The van der Waals surface area contributed by atoms with Crippen molar-refractivity contribution >= 4 is 99.6 Å². The smallest absolute Gasteiger partial charge is 0.326 e. The van der Waals surface area contributed by atoms with Crippen LogP contribution in [-0.4, -0.2) is 239 Å². The average molecular weight is 1530 g/mol. The number of fused-ring (bicyclic) bond motifs is 1. The van der Waals surface area contributed by atoms with Crippen molar-refractivity contribution in [1.82, 2.24) is 61.8 Å². The van der Waals surface area contributed by atoms with Crippen LogP contribution in [0.25, 0.3) is 10.9 Å². The van der Waals surface area contributed by atoms with Gasteiger partial charge in [-0.3, -0.25) is 57.5 Å². The van der Waals surface area contributed by atoms with Gasteiger partial charge in [-0.15, -0.1) is 0 Å². The lowest BCUT2D eigenvalue weighted by molar-refractivity contribution is -0.152. The molecule has 4 saturated heterocycles. The van der Waals surface area contributed by atoms with E-state index in [1.807, 2.05) is 58.2 Å². The number of carbonyl (C=O) groups is 13. The number of aliphatic carboxylic acids is 2. The lowest BCUT2D eigenvalue weighted by Crippen LogP contribution is -2.61. The van der Waals surface area contributed by atoms with E-state index in [9.17, 15) is 68.4 Å². The highest BCUT2D eigenvalue weighted by Gasteiger charge is 2.46. The van der Waals surface area contributed by atoms with E-state index in [1.165, 1.54) is 79.9 Å². The van der Waals surface area contributed by atoms with Crippen molar-refractivity contribution < 1.29 is 82.8 Å². The highest BCUT2D eigenvalue weighted by atomic mass is 32.2. The summed E-state index contributed by atoms with van der Waals surface area (Å²) in [6.45, 7) is 8.31. The Labute approximate surface area is 638 Å². The Bertz CT molecular complexity index is 3860. The number of nitrogens with two attached hydrogens (primary N) is 2. The third kappa shape index (κ3) is 23.6. The Morgan fingerprint density at radius 2 is 0.936 bits per heavy atom. The van der Waals surface area contributed by atoms with Crippen molar-refractivity contribution in [2.45, 2.75) is 222 Å². The number of aromatic nitrogens is 1. The van der Waals surface area contributed by atoms with Gasteiger partial charge in [0.1, 0.15) is 78.0 Å². The van der Waals surface area contributed by atoms with Gasteiger partial charge in [0.2, 0.25) is 65.0 Å². The zero-order valence-electron chi connectivity index (χ0n) is 62.7. The molecule has 3 aromatic carbocycles. The first kappa shape index (κ1) is 84.8. The number of rotatable bonds is 39. The molecule has 0 spiro atoms. The fourth-order valence-electron chi connectivity index (χ4n) is 14.9. The number of nitrogens with zero attached hydrogens (tertiary/aromatic N) is 4. The lowest BCUT2D eigenvalue weighted by atomic mass is 9.99. The third-order valence-corrected chi connectivity index (χ3v) is 21.2. The van der Waals surface area contributed by atoms with Crippen molar-refractivity contribution in [3.63, 3.8) is 0 Å². The molecule has 32 heteroatoms. The summed E-state index contributed by atoms with van der Waals surface area (Å²) in [6.07, 6.45) is 5.64. The number of carboxylic acid groups (broad SMARTS) is 2. The number of carbonyl (C=O) groups excluding carboxylic acids is 11. The van der Waals surface area contributed by atoms with Gasteiger partial charge < -0.3 is 93.7 Å². The zero-order valence-corrected chi connectivity index (χ0v) is 63.5. The quantitative estimate of drug-likeness (QED) is 0.0285. The van der Waals surface area contributed by atoms with Gasteiger partial charge in [0.25, 0.3) is 0 Å². The van der Waals surface area contributed by atoms with Gasteiger partial charge in [0.05, 0.1) is 6.04 Å². The predicted molar refractivity (Wildman–Crippen MR) is 405 cm³/mol. The maximum Gasteiger partial charge on any atom is 0.326 e. The van der Waals surface area contributed by atoms with E-state index >= 15 is 14.4 Å². The second kappa shape index (κ2) is 40.6. The molecule has 4 fully saturated rings. The number of hydrogen-bond donors (Lipinski definition) is 14. The van der Waals surface area contributed by atoms with Gasteiger partial charge in [-0.25, -0.2) is 4.79 Å². The normalized spacial score (nSPS) is 19.3. The number of para-hydroxylation sites is 1. The molecule has 0 saturated carbocycles. The number of amides is 11. The fraction of sp³-hybridized carbons (Fsp3) is 0.571. The summed E-state index contributed by atoms with van der Waals surface area (Å²) >= 11 is 1.41. The predicted octanol–water partition coefficient (Wildman–Crippen LogP) is 2.22. The number of benzene rings is 3. The molecular formula is C77H108N14O17S. The van der Waals surface area contributed by atoms with Crippen LogP contribution in [0.15, 0.2) is 79.0 Å². The van der Waals surface area contributed by atoms with Gasteiger partial charge in [-0.05, 0) is 174 Å². The number of aromatic hydroxyl groups is 2. The third-order valence-electron chi connectivity index (χ3n) is 20.5. The summed E-state index contributed by atoms with van der Waals surface area (Å²) < 4.78 is 0. The molecule has 11 amide bonds. The van der Waals surface area contributed by atoms with E-state index < -0.39 is 162 Å². The van der Waals surface area contributed by atoms with Crippen molar-refractivity contribution in [2.75, 3.05) is 44.7 Å². The molecule has 8 rings (SSSR count). The lowest BCUT2D eigenvalue weighted by Gasteiger charge is -2.33. The molecule has 31 nitrogen and oxygen atoms in total. The van der Waals surface area contributed by atoms with Crippen LogP contribution >= 0.6 is 11.8 Å². The van der Waals surface area contributed by atoms with Crippen LogP contribution in [-0.2, 0) is 81.6 Å². The molecule has 0 bridgehead atoms. The molecule has 1 aromatic heterocycles. The van der Waals surface area contributed by atoms with Crippen LogP contribution in [0.4, 0.5) is 0 Å². The monoisotopic (exact) mass is 1530 g/mol. The van der Waals surface area contributed by atoms with Crippen molar-refractivity contribution in [1.29, 1.82) is 0 Å². The fourth-order valence-corrected chi connectivity index (χ4v) is 15.3. The molecule has 109 heavy (non-hydrogen) atoms. The number of H-pyrrole nitrogens is 1. The SMILES string of the molecule is CSCC[C@H](NC(=O)[C@H](CC(C)C)NC(=O)[C@H](Cc1ccc(O)cc1)NC(=O)[C@H](Cc1ccc(O)cc1)NC(=O)[C@@H]1CCCN1C(=O)[C@H](CCC(=O)O)NC(=O)[C@H](CCCCN)NC(=O)[C@H](Cc1c[nH]c2ccccc12)NC(=O)[C@@H]1CCCN1C(=O)[C@@H](N)CC(C)C)C(=O)N1CCC[C@H]1C(=O)N1CCC[C@H]1C(=O)O. The largest absolute Gasteiger partial charge is 0.508 e. The summed E-state index contributed by atoms with van der Waals surface area (Å²) in [5.74, 6) is -10.4. The number of hydrogen-bond acceptors (Lipinski definition) is 18. The molecule has 0 radical (unpaired) electrons. The van der Waals surface area contributed by atoms with E-state index in [4.69, 9.17) is 11.5 Å². The number of phenolic OH excluding ortho intramolecular Hbond substituents is 2. The number of thioether (sulfide) groups is 1. The first-order valence-electron chi connectivity index (χ1n) is 37.9. The molecule has 4 aromatic rings. The minimum atomic E-state index is -1.61. The zero-order chi connectivity index (χ0) is 79.2. The number of carboxylic acids is 2. The molecule has 4 aliphatic rings. The number of likely N-dealkylation sites (tertiary alicyclic amines) is 4. The Kier molecular flexibility index (Phi) is 31.6. The van der Waals surface area contributed by atoms with Gasteiger partial charge in [0, 0.05) is 69.0 Å². The molecule has 12 atom stereocenters. The van der Waals surface area contributed by atoms with Gasteiger partial charge >= 0.3 is 11.9 Å². The minimum absolute atomic E-state index is 0.0288. The summed E-state index contributed by atoms with van der Waals surface area (Å²) in [5, 5.41) is 60.8. The molecular weight excluding hydrogens is 1420 g/mol. The van der Waals surface area contributed by atoms with Gasteiger partial charge in [0.15, 0.2) is 0 Å². The summed E-state index contributed by atoms with van der Waals surface area (Å²) in [7, 11) is 0. The van der Waals surface area contributed by atoms with Crippen LogP contribution in [0.3, 0.4) is 0 Å². The maximum atomic E-state index is 15.1. The van der Waals surface area contributed by atoms with Crippen LogP contribution in [0, 0.1) is 11.8 Å². The summed E-state index contributed by atoms with van der Waals surface area (Å²) in [5.41, 5.74) is 14.5. The average Bonchev–Trinajstić information content (AvgIpc) is 1.69. The van der Waals surface area contributed by atoms with Crippen LogP contribution in [0.5, 0.6) is 11.5 Å². The first-order chi connectivity index (χ1) is 52.0. The van der Waals surface area contributed by atoms with Crippen LogP contribution in [0.2, 0.25) is 0 Å². The Morgan fingerprint density at radius 3 is 1.46 bits per heavy atom. The van der Waals surface area contributed by atoms with Crippen LogP contribution < -0.4 is 48.7 Å². The molecule has 16 N–H and O–H groups in total. The second-order valence-electron chi connectivity index (χ2n) is 29.7. The van der Waals surface area contributed by atoms with E-state index in [1.54, 1.807) is 6.20 Å². The molecule has 594 valence electrons. The summed E-state index contributed by atoms with van der Waals surface area (Å²) in [4.78, 5) is 194. The number of phenols is 2. The number of aromatic amines is 1. The standard InChI is InChI=1S/C77H108N14O17S/c1-44(2)38-52(79)73(103)88-33-10-17-61(88)71(101)87-60(42-48-43-80-53-15-7-6-14-51(48)53)70(100)81-54(16-8-9-32-78)66(96)82-55(29-30-65(94)95)74(104)89-34-11-18-62(89)72(102)86-59(41-47-23-27-50(93)28-24-47)69(99)85-58(40-46-21-25-49(92)26-22-46)68(98)84-57(39-45(3)4)67(97)83-56(31-37-109-5)75(105)90-35-12-19-63(90)76(106)91-36-13-20-64(91)77(107)108/h6-7,14-15,21-28,43-45,52,54-64,80,92-93H,8-13,16-20,29-42,78-79H2,1-5H3,(H,81,100)(H,82,96)(H,83,97)(H,84,98)(H,85,99)(H,86,102)(H,87,101)(H,94,95)(H,107,108)/t52-,54-,55-,56-,57-,58-,59-,60-,61-,62-,63-,64-/m0/s1. The van der Waals surface area contributed by atoms with Crippen LogP contribution in [0.1, 0.15) is 147 Å². The van der Waals surface area contributed by atoms with E-state index in [0.717, 1.165) is 10.9 Å². The van der Waals surface area contributed by atoms with Crippen molar-refractivity contribution in [2.24, 2.45) is 23.3 Å². The van der Waals surface area contributed by atoms with E-state index in [0.29, 0.717) is 67.4 Å². The topological polar surface area (TPSA) is 468 Å². The summed E-state index contributed by atoms with van der Waals surface area (Å²) in [6, 6.07) is 3.81. The minimum Gasteiger partial charge on any atom is -0.508 e. The second-order valence-corrected chi connectivity index (χ2v) is 30.7. The number of unbranched alkanes of at least 4 members (excludes halogenated alkanes) is 1. The van der Waals surface area contributed by atoms with Crippen molar-refractivity contribution in [3.05, 3.63) is 95.7 Å². The van der Waals surface area contributed by atoms with Gasteiger partial charge in [-0.1, -0.05) is 70.2 Å². The van der Waals surface area contributed by atoms with E-state index in [-0.39, 0.29) is 120 Å². The number of nitrogens with one attached hydrogen (secondary N) is 8. The van der Waals surface area contributed by atoms with Gasteiger partial charge in [-0.2, -0.15) is 11.8 Å². The Morgan fingerprint density at radius 1 is 0.495 bits per heavy atom. The molecule has 4 aliphatic heterocycles. The molecule has 0 unspecified atom stereocenters. The van der Waals surface area contributed by atoms with E-state index in [2.05, 4.69) is 42.2 Å². The maximum absolute atomic E-state index is 15.1.